The van der Waals surface area contributed by atoms with E-state index in [1.807, 2.05) is 20.8 Å². The molecule has 1 aliphatic heterocycles. The molecule has 1 heterocycles. The van der Waals surface area contributed by atoms with Crippen LogP contribution in [0.4, 0.5) is 4.79 Å². The number of esters is 1. The standard InChI is InChI=1S/C19H31NO5/c1-19(2,3)25-18(23)20-12-16(21)11-15(20)10-7-13-5-8-14(9-6-13)17(22)24-4/h13-15H,5-12H2,1-4H3/t13?,14?,15-/m0/s1. The highest BCUT2D eigenvalue weighted by atomic mass is 16.6. The van der Waals surface area contributed by atoms with Crippen molar-refractivity contribution in [1.29, 1.82) is 0 Å². The summed E-state index contributed by atoms with van der Waals surface area (Å²) in [5.74, 6) is 0.589. The van der Waals surface area contributed by atoms with Gasteiger partial charge in [-0.2, -0.15) is 0 Å². The third-order valence-electron chi connectivity index (χ3n) is 5.17. The third-order valence-corrected chi connectivity index (χ3v) is 5.17. The Morgan fingerprint density at radius 1 is 1.12 bits per heavy atom. The number of hydrogen-bond acceptors (Lipinski definition) is 5. The molecule has 6 heteroatoms. The number of ether oxygens (including phenoxy) is 2. The van der Waals surface area contributed by atoms with E-state index in [4.69, 9.17) is 9.47 Å². The first-order valence-corrected chi connectivity index (χ1v) is 9.28. The average molecular weight is 353 g/mol. The van der Waals surface area contributed by atoms with E-state index in [2.05, 4.69) is 0 Å². The Labute approximate surface area is 150 Å². The van der Waals surface area contributed by atoms with E-state index in [9.17, 15) is 14.4 Å². The highest BCUT2D eigenvalue weighted by molar-refractivity contribution is 5.88. The van der Waals surface area contributed by atoms with Crippen LogP contribution in [-0.4, -0.2) is 48.0 Å². The summed E-state index contributed by atoms with van der Waals surface area (Å²) in [6, 6.07) is -0.0549. The van der Waals surface area contributed by atoms with Gasteiger partial charge >= 0.3 is 12.1 Å². The zero-order valence-corrected chi connectivity index (χ0v) is 15.9. The lowest BCUT2D eigenvalue weighted by molar-refractivity contribution is -0.146. The third kappa shape index (κ3) is 5.72. The predicted octanol–water partition coefficient (Wildman–Crippen LogP) is 3.32. The number of rotatable bonds is 4. The smallest absolute Gasteiger partial charge is 0.410 e. The Balaban J connectivity index is 1.82. The van der Waals surface area contributed by atoms with Crippen LogP contribution in [-0.2, 0) is 19.1 Å². The molecule has 142 valence electrons. The van der Waals surface area contributed by atoms with Crippen LogP contribution in [0.15, 0.2) is 0 Å². The van der Waals surface area contributed by atoms with Crippen molar-refractivity contribution in [2.24, 2.45) is 11.8 Å². The van der Waals surface area contributed by atoms with Gasteiger partial charge in [0, 0.05) is 12.5 Å². The quantitative estimate of drug-likeness (QED) is 0.725. The van der Waals surface area contributed by atoms with Crippen molar-refractivity contribution in [3.63, 3.8) is 0 Å². The predicted molar refractivity (Wildman–Crippen MR) is 93.1 cm³/mol. The van der Waals surface area contributed by atoms with Crippen LogP contribution < -0.4 is 0 Å². The first-order valence-electron chi connectivity index (χ1n) is 9.28. The molecule has 0 bridgehead atoms. The molecule has 25 heavy (non-hydrogen) atoms. The molecule has 0 spiro atoms. The maximum atomic E-state index is 12.3. The molecule has 0 aromatic carbocycles. The van der Waals surface area contributed by atoms with Crippen molar-refractivity contribution >= 4 is 17.8 Å². The molecular weight excluding hydrogens is 322 g/mol. The topological polar surface area (TPSA) is 72.9 Å². The van der Waals surface area contributed by atoms with E-state index in [0.29, 0.717) is 12.3 Å². The van der Waals surface area contributed by atoms with Gasteiger partial charge in [0.1, 0.15) is 5.60 Å². The summed E-state index contributed by atoms with van der Waals surface area (Å²) in [7, 11) is 1.44. The molecule has 1 saturated carbocycles. The summed E-state index contributed by atoms with van der Waals surface area (Å²) in [4.78, 5) is 37.3. The van der Waals surface area contributed by atoms with Crippen LogP contribution in [0.1, 0.15) is 65.7 Å². The number of likely N-dealkylation sites (tertiary alicyclic amines) is 1. The van der Waals surface area contributed by atoms with E-state index >= 15 is 0 Å². The molecule has 6 nitrogen and oxygen atoms in total. The minimum absolute atomic E-state index is 0.0348. The minimum atomic E-state index is -0.556. The molecular formula is C19H31NO5. The minimum Gasteiger partial charge on any atom is -0.469 e. The number of amides is 1. The van der Waals surface area contributed by atoms with E-state index in [1.165, 1.54) is 7.11 Å². The Bertz CT molecular complexity index is 502. The molecule has 0 radical (unpaired) electrons. The molecule has 2 aliphatic rings. The molecule has 1 amide bonds. The molecule has 0 aromatic heterocycles. The second-order valence-electron chi connectivity index (χ2n) is 8.32. The normalized spacial score (nSPS) is 27.3. The summed E-state index contributed by atoms with van der Waals surface area (Å²) < 4.78 is 10.3. The first-order chi connectivity index (χ1) is 11.7. The highest BCUT2D eigenvalue weighted by Crippen LogP contribution is 2.34. The van der Waals surface area contributed by atoms with Crippen LogP contribution >= 0.6 is 0 Å². The zero-order valence-electron chi connectivity index (χ0n) is 15.9. The lowest BCUT2D eigenvalue weighted by Crippen LogP contribution is -2.40. The van der Waals surface area contributed by atoms with Gasteiger partial charge in [-0.05, 0) is 65.2 Å². The van der Waals surface area contributed by atoms with Gasteiger partial charge < -0.3 is 9.47 Å². The van der Waals surface area contributed by atoms with Gasteiger partial charge in [0.05, 0.1) is 19.6 Å². The van der Waals surface area contributed by atoms with E-state index in [0.717, 1.165) is 38.5 Å². The lowest BCUT2D eigenvalue weighted by atomic mass is 9.79. The number of Topliss-reactive ketones (excluding diaryl/α,β-unsaturated/α-hetero) is 1. The number of methoxy groups -OCH3 is 1. The first kappa shape index (κ1) is 19.7. The second kappa shape index (κ2) is 8.19. The van der Waals surface area contributed by atoms with Crippen LogP contribution in [0, 0.1) is 11.8 Å². The molecule has 0 aromatic rings. The van der Waals surface area contributed by atoms with E-state index in [1.54, 1.807) is 4.90 Å². The Morgan fingerprint density at radius 3 is 2.32 bits per heavy atom. The van der Waals surface area contributed by atoms with Crippen LogP contribution in [0.5, 0.6) is 0 Å². The van der Waals surface area contributed by atoms with Crippen LogP contribution in [0.3, 0.4) is 0 Å². The fourth-order valence-electron chi connectivity index (χ4n) is 3.83. The second-order valence-corrected chi connectivity index (χ2v) is 8.32. The molecule has 0 unspecified atom stereocenters. The van der Waals surface area contributed by atoms with Gasteiger partial charge in [-0.1, -0.05) is 0 Å². The summed E-state index contributed by atoms with van der Waals surface area (Å²) in [6.07, 6.45) is 5.59. The van der Waals surface area contributed by atoms with Gasteiger partial charge in [0.2, 0.25) is 0 Å². The van der Waals surface area contributed by atoms with Crippen LogP contribution in [0.25, 0.3) is 0 Å². The summed E-state index contributed by atoms with van der Waals surface area (Å²) in [5, 5.41) is 0. The molecule has 1 atom stereocenters. The summed E-state index contributed by atoms with van der Waals surface area (Å²) in [5.41, 5.74) is -0.556. The van der Waals surface area contributed by atoms with Crippen molar-refractivity contribution in [2.75, 3.05) is 13.7 Å². The highest BCUT2D eigenvalue weighted by Gasteiger charge is 2.37. The zero-order chi connectivity index (χ0) is 18.6. The average Bonchev–Trinajstić information content (AvgIpc) is 2.92. The fraction of sp³-hybridized carbons (Fsp3) is 0.842. The van der Waals surface area contributed by atoms with Gasteiger partial charge in [0.15, 0.2) is 5.78 Å². The summed E-state index contributed by atoms with van der Waals surface area (Å²) in [6.45, 7) is 5.65. The molecule has 0 N–H and O–H groups in total. The largest absolute Gasteiger partial charge is 0.469 e. The van der Waals surface area contributed by atoms with Gasteiger partial charge in [-0.25, -0.2) is 4.79 Å². The Morgan fingerprint density at radius 2 is 1.76 bits per heavy atom. The van der Waals surface area contributed by atoms with Crippen molar-refractivity contribution in [2.45, 2.75) is 77.4 Å². The van der Waals surface area contributed by atoms with Crippen LogP contribution in [0.2, 0.25) is 0 Å². The summed E-state index contributed by atoms with van der Waals surface area (Å²) >= 11 is 0. The number of nitrogens with zero attached hydrogens (tertiary/aromatic N) is 1. The van der Waals surface area contributed by atoms with Gasteiger partial charge in [-0.3, -0.25) is 14.5 Å². The molecule has 2 fully saturated rings. The molecule has 1 aliphatic carbocycles. The number of carbonyl (C=O) groups excluding carboxylic acids is 3. The van der Waals surface area contributed by atoms with Crippen molar-refractivity contribution in [1.82, 2.24) is 4.90 Å². The SMILES string of the molecule is COC(=O)C1CCC(CC[C@H]2CC(=O)CN2C(=O)OC(C)(C)C)CC1. The molecule has 1 saturated heterocycles. The van der Waals surface area contributed by atoms with Crippen molar-refractivity contribution < 1.29 is 23.9 Å². The van der Waals surface area contributed by atoms with E-state index in [-0.39, 0.29) is 30.3 Å². The van der Waals surface area contributed by atoms with Crippen molar-refractivity contribution in [3.8, 4) is 0 Å². The number of ketones is 1. The lowest BCUT2D eigenvalue weighted by Gasteiger charge is -2.30. The fourth-order valence-corrected chi connectivity index (χ4v) is 3.83. The monoisotopic (exact) mass is 353 g/mol. The van der Waals surface area contributed by atoms with Gasteiger partial charge in [-0.15, -0.1) is 0 Å². The molecule has 2 rings (SSSR count). The Kier molecular flexibility index (Phi) is 6.47. The number of hydrogen-bond donors (Lipinski definition) is 0. The van der Waals surface area contributed by atoms with Crippen molar-refractivity contribution in [3.05, 3.63) is 0 Å². The van der Waals surface area contributed by atoms with E-state index < -0.39 is 11.7 Å². The maximum Gasteiger partial charge on any atom is 0.410 e. The number of carbonyl (C=O) groups is 3. The van der Waals surface area contributed by atoms with Gasteiger partial charge in [0.25, 0.3) is 0 Å². The maximum absolute atomic E-state index is 12.3. The Hall–Kier alpha value is -1.59.